The molecule has 0 spiro atoms. The molecule has 0 saturated heterocycles. The minimum atomic E-state index is -0.856. The average Bonchev–Trinajstić information content (AvgIpc) is 2.26. The zero-order valence-electron chi connectivity index (χ0n) is 8.73. The monoisotopic (exact) mass is 260 g/mol. The third-order valence-corrected chi connectivity index (χ3v) is 4.36. The molecule has 0 atom stereocenters. The average molecular weight is 260 g/mol. The summed E-state index contributed by atoms with van der Waals surface area (Å²) in [4.78, 5) is 14.0. The SMILES string of the molecule is CSc1cc(SC)c(SC)c(C(=O)O)c1. The molecule has 1 aromatic carbocycles. The van der Waals surface area contributed by atoms with Gasteiger partial charge < -0.3 is 5.11 Å². The number of carbonyl (C=O) groups is 1. The van der Waals surface area contributed by atoms with Gasteiger partial charge in [-0.25, -0.2) is 4.79 Å². The predicted molar refractivity (Wildman–Crippen MR) is 68.7 cm³/mol. The molecule has 1 rings (SSSR count). The van der Waals surface area contributed by atoms with Crippen molar-refractivity contribution >= 4 is 41.3 Å². The molecule has 0 unspecified atom stereocenters. The Hall–Kier alpha value is -0.260. The topological polar surface area (TPSA) is 37.3 Å². The van der Waals surface area contributed by atoms with Crippen molar-refractivity contribution in [2.75, 3.05) is 18.8 Å². The van der Waals surface area contributed by atoms with Crippen LogP contribution < -0.4 is 0 Å². The lowest BCUT2D eigenvalue weighted by Crippen LogP contribution is -2.00. The van der Waals surface area contributed by atoms with Crippen LogP contribution in [0.15, 0.2) is 26.8 Å². The zero-order valence-corrected chi connectivity index (χ0v) is 11.2. The quantitative estimate of drug-likeness (QED) is 0.838. The summed E-state index contributed by atoms with van der Waals surface area (Å²) >= 11 is 4.63. The first-order valence-electron chi connectivity index (χ1n) is 4.17. The third kappa shape index (κ3) is 2.86. The summed E-state index contributed by atoms with van der Waals surface area (Å²) < 4.78 is 0. The van der Waals surface area contributed by atoms with E-state index in [0.717, 1.165) is 14.7 Å². The van der Waals surface area contributed by atoms with Crippen molar-refractivity contribution in [1.82, 2.24) is 0 Å². The number of carboxylic acid groups (broad SMARTS) is 1. The van der Waals surface area contributed by atoms with E-state index in [1.165, 1.54) is 11.8 Å². The van der Waals surface area contributed by atoms with E-state index in [1.54, 1.807) is 29.6 Å². The van der Waals surface area contributed by atoms with E-state index in [9.17, 15) is 4.79 Å². The Bertz CT molecular complexity index is 377. The van der Waals surface area contributed by atoms with Gasteiger partial charge in [0, 0.05) is 14.7 Å². The summed E-state index contributed by atoms with van der Waals surface area (Å²) in [6.07, 6.45) is 5.81. The predicted octanol–water partition coefficient (Wildman–Crippen LogP) is 3.55. The molecule has 1 N–H and O–H groups in total. The fourth-order valence-corrected chi connectivity index (χ4v) is 3.43. The van der Waals surface area contributed by atoms with Gasteiger partial charge in [0.1, 0.15) is 0 Å². The van der Waals surface area contributed by atoms with Gasteiger partial charge in [-0.1, -0.05) is 0 Å². The van der Waals surface area contributed by atoms with E-state index in [1.807, 2.05) is 24.8 Å². The number of thioether (sulfide) groups is 3. The molecule has 82 valence electrons. The fourth-order valence-electron chi connectivity index (χ4n) is 1.22. The van der Waals surface area contributed by atoms with E-state index in [-0.39, 0.29) is 0 Å². The van der Waals surface area contributed by atoms with Crippen molar-refractivity contribution < 1.29 is 9.90 Å². The van der Waals surface area contributed by atoms with Gasteiger partial charge >= 0.3 is 5.97 Å². The molecule has 0 bridgehead atoms. The summed E-state index contributed by atoms with van der Waals surface area (Å²) in [7, 11) is 0. The highest BCUT2D eigenvalue weighted by molar-refractivity contribution is 8.01. The van der Waals surface area contributed by atoms with E-state index in [4.69, 9.17) is 5.11 Å². The number of aromatic carboxylic acids is 1. The molecule has 0 aliphatic rings. The second-order valence-electron chi connectivity index (χ2n) is 2.72. The van der Waals surface area contributed by atoms with Gasteiger partial charge in [-0.05, 0) is 30.9 Å². The van der Waals surface area contributed by atoms with Crippen molar-refractivity contribution in [3.63, 3.8) is 0 Å². The number of benzene rings is 1. The Balaban J connectivity index is 3.39. The molecule has 0 amide bonds. The molecule has 0 saturated carbocycles. The summed E-state index contributed by atoms with van der Waals surface area (Å²) in [6.45, 7) is 0. The van der Waals surface area contributed by atoms with Crippen LogP contribution in [0.3, 0.4) is 0 Å². The summed E-state index contributed by atoms with van der Waals surface area (Å²) in [6, 6.07) is 3.77. The molecule has 0 aliphatic carbocycles. The van der Waals surface area contributed by atoms with Crippen LogP contribution in [0.5, 0.6) is 0 Å². The Morgan fingerprint density at radius 3 is 2.20 bits per heavy atom. The van der Waals surface area contributed by atoms with E-state index in [0.29, 0.717) is 5.56 Å². The molecule has 0 aromatic heterocycles. The summed E-state index contributed by atoms with van der Waals surface area (Å²) in [5, 5.41) is 9.10. The minimum Gasteiger partial charge on any atom is -0.478 e. The molecule has 0 radical (unpaired) electrons. The Morgan fingerprint density at radius 1 is 1.13 bits per heavy atom. The van der Waals surface area contributed by atoms with Gasteiger partial charge in [-0.3, -0.25) is 0 Å². The van der Waals surface area contributed by atoms with Gasteiger partial charge in [0.25, 0.3) is 0 Å². The zero-order chi connectivity index (χ0) is 11.4. The maximum absolute atomic E-state index is 11.1. The molecule has 0 aliphatic heterocycles. The first kappa shape index (κ1) is 12.8. The smallest absolute Gasteiger partial charge is 0.336 e. The molecule has 2 nitrogen and oxygen atoms in total. The molecule has 5 heteroatoms. The first-order chi connectivity index (χ1) is 7.13. The van der Waals surface area contributed by atoms with Crippen LogP contribution in [0.1, 0.15) is 10.4 Å². The van der Waals surface area contributed by atoms with Gasteiger partial charge in [0.2, 0.25) is 0 Å². The lowest BCUT2D eigenvalue weighted by molar-refractivity contribution is 0.0692. The maximum Gasteiger partial charge on any atom is 0.336 e. The van der Waals surface area contributed by atoms with Crippen LogP contribution in [0.2, 0.25) is 0 Å². The van der Waals surface area contributed by atoms with Crippen molar-refractivity contribution in [2.45, 2.75) is 14.7 Å². The molecule has 15 heavy (non-hydrogen) atoms. The van der Waals surface area contributed by atoms with E-state index in [2.05, 4.69) is 0 Å². The molecule has 0 heterocycles. The number of carboxylic acids is 1. The maximum atomic E-state index is 11.1. The van der Waals surface area contributed by atoms with Crippen molar-refractivity contribution in [2.24, 2.45) is 0 Å². The van der Waals surface area contributed by atoms with Crippen LogP contribution in [0.25, 0.3) is 0 Å². The minimum absolute atomic E-state index is 0.402. The lowest BCUT2D eigenvalue weighted by atomic mass is 10.2. The highest BCUT2D eigenvalue weighted by Crippen LogP contribution is 2.35. The number of rotatable bonds is 4. The molecular formula is C10H12O2S3. The lowest BCUT2D eigenvalue weighted by Gasteiger charge is -2.10. The Kier molecular flexibility index (Phi) is 4.89. The first-order valence-corrected chi connectivity index (χ1v) is 7.84. The van der Waals surface area contributed by atoms with E-state index < -0.39 is 5.97 Å². The largest absolute Gasteiger partial charge is 0.478 e. The van der Waals surface area contributed by atoms with Crippen molar-refractivity contribution in [1.29, 1.82) is 0 Å². The van der Waals surface area contributed by atoms with Gasteiger partial charge in [0.15, 0.2) is 0 Å². The van der Waals surface area contributed by atoms with Crippen LogP contribution in [-0.4, -0.2) is 29.8 Å². The second kappa shape index (κ2) is 5.72. The number of hydrogen-bond donors (Lipinski definition) is 1. The second-order valence-corrected chi connectivity index (χ2v) is 5.26. The molecular weight excluding hydrogens is 248 g/mol. The standard InChI is InChI=1S/C10H12O2S3/c1-13-6-4-7(10(11)12)9(15-3)8(5-6)14-2/h4-5H,1-3H3,(H,11,12). The normalized spacial score (nSPS) is 10.3. The van der Waals surface area contributed by atoms with E-state index >= 15 is 0 Å². The summed E-state index contributed by atoms with van der Waals surface area (Å²) in [5.74, 6) is -0.856. The molecule has 0 fully saturated rings. The van der Waals surface area contributed by atoms with Crippen LogP contribution in [0.4, 0.5) is 0 Å². The highest BCUT2D eigenvalue weighted by atomic mass is 32.2. The van der Waals surface area contributed by atoms with Crippen LogP contribution in [-0.2, 0) is 0 Å². The van der Waals surface area contributed by atoms with Crippen LogP contribution >= 0.6 is 35.3 Å². The third-order valence-electron chi connectivity index (χ3n) is 1.92. The van der Waals surface area contributed by atoms with Crippen molar-refractivity contribution in [3.8, 4) is 0 Å². The fraction of sp³-hybridized carbons (Fsp3) is 0.300. The Labute approximate surface area is 102 Å². The van der Waals surface area contributed by atoms with Crippen molar-refractivity contribution in [3.05, 3.63) is 17.7 Å². The molecule has 1 aromatic rings. The summed E-state index contributed by atoms with van der Waals surface area (Å²) in [5.41, 5.74) is 0.402. The van der Waals surface area contributed by atoms with Crippen LogP contribution in [0, 0.1) is 0 Å². The Morgan fingerprint density at radius 2 is 1.80 bits per heavy atom. The van der Waals surface area contributed by atoms with Gasteiger partial charge in [-0.15, -0.1) is 35.3 Å². The van der Waals surface area contributed by atoms with Gasteiger partial charge in [0.05, 0.1) is 5.56 Å². The number of hydrogen-bond acceptors (Lipinski definition) is 4. The van der Waals surface area contributed by atoms with Gasteiger partial charge in [-0.2, -0.15) is 0 Å². The highest BCUT2D eigenvalue weighted by Gasteiger charge is 2.14.